The van der Waals surface area contributed by atoms with Gasteiger partial charge in [0, 0.05) is 43.6 Å². The quantitative estimate of drug-likeness (QED) is 0.292. The van der Waals surface area contributed by atoms with Gasteiger partial charge >= 0.3 is 0 Å². The second kappa shape index (κ2) is 5.99. The molecule has 1 aliphatic carbocycles. The highest BCUT2D eigenvalue weighted by Gasteiger charge is 2.37. The summed E-state index contributed by atoms with van der Waals surface area (Å²) < 4.78 is 5.23. The molecule has 30 heavy (non-hydrogen) atoms. The highest BCUT2D eigenvalue weighted by molar-refractivity contribution is 6.09. The van der Waals surface area contributed by atoms with Crippen LogP contribution < -0.4 is 0 Å². The molecule has 6 aromatic rings. The maximum Gasteiger partial charge on any atom is 0.0551 e. The lowest BCUT2D eigenvalue weighted by molar-refractivity contribution is 0.205. The van der Waals surface area contributed by atoms with E-state index in [1.54, 1.807) is 0 Å². The zero-order valence-electron chi connectivity index (χ0n) is 16.7. The van der Waals surface area contributed by atoms with Gasteiger partial charge in [-0.25, -0.2) is 0 Å². The summed E-state index contributed by atoms with van der Waals surface area (Å²) >= 11 is 0. The fraction of sp³-hybridized carbons (Fsp3) is 0.143. The number of rotatable bonds is 2. The first-order valence-electron chi connectivity index (χ1n) is 10.9. The van der Waals surface area contributed by atoms with Gasteiger partial charge in [0.1, 0.15) is 0 Å². The van der Waals surface area contributed by atoms with Crippen LogP contribution >= 0.6 is 0 Å². The van der Waals surface area contributed by atoms with Gasteiger partial charge in [0.15, 0.2) is 0 Å². The lowest BCUT2D eigenvalue weighted by Crippen LogP contribution is -2.31. The van der Waals surface area contributed by atoms with E-state index >= 15 is 0 Å². The maximum atomic E-state index is 2.61. The van der Waals surface area contributed by atoms with Crippen molar-refractivity contribution >= 4 is 43.6 Å². The van der Waals surface area contributed by atoms with Crippen molar-refractivity contribution in [1.82, 2.24) is 9.13 Å². The number of nitrogens with zero attached hydrogens (tertiary/aromatic N) is 2. The smallest absolute Gasteiger partial charge is 0.0551 e. The molecule has 0 aliphatic heterocycles. The van der Waals surface area contributed by atoms with Crippen LogP contribution in [0.1, 0.15) is 24.9 Å². The summed E-state index contributed by atoms with van der Waals surface area (Å²) in [6.07, 6.45) is 2.43. The van der Waals surface area contributed by atoms with Crippen molar-refractivity contribution in [2.24, 2.45) is 0 Å². The largest absolute Gasteiger partial charge is 0.335 e. The molecular formula is C28H22N2. The van der Waals surface area contributed by atoms with E-state index in [0.717, 1.165) is 0 Å². The van der Waals surface area contributed by atoms with Gasteiger partial charge in [-0.1, -0.05) is 72.8 Å². The Labute approximate surface area is 175 Å². The zero-order chi connectivity index (χ0) is 19.7. The lowest BCUT2D eigenvalue weighted by Gasteiger charge is -2.40. The predicted octanol–water partition coefficient (Wildman–Crippen LogP) is 7.48. The van der Waals surface area contributed by atoms with Crippen LogP contribution in [0.2, 0.25) is 0 Å². The molecule has 0 saturated heterocycles. The molecule has 0 bridgehead atoms. The number of aromatic nitrogens is 2. The Hall–Kier alpha value is -3.52. The number of fused-ring (bicyclic) bond motifs is 6. The first kappa shape index (κ1) is 16.3. The van der Waals surface area contributed by atoms with Crippen molar-refractivity contribution < 1.29 is 0 Å². The minimum absolute atomic E-state index is 0.467. The molecule has 2 heterocycles. The summed E-state index contributed by atoms with van der Waals surface area (Å²) in [5.41, 5.74) is 5.42. The summed E-state index contributed by atoms with van der Waals surface area (Å²) in [5.74, 6) is 0. The average Bonchev–Trinajstić information content (AvgIpc) is 3.28. The Morgan fingerprint density at radius 3 is 0.933 bits per heavy atom. The van der Waals surface area contributed by atoms with Crippen LogP contribution in [0.25, 0.3) is 43.6 Å². The molecule has 1 fully saturated rings. The van der Waals surface area contributed by atoms with Crippen molar-refractivity contribution in [3.8, 4) is 0 Å². The molecule has 0 N–H and O–H groups in total. The highest BCUT2D eigenvalue weighted by atomic mass is 15.1. The summed E-state index contributed by atoms with van der Waals surface area (Å²) in [5, 5.41) is 5.45. The average molecular weight is 386 g/mol. The first-order chi connectivity index (χ1) is 14.9. The molecule has 1 saturated carbocycles. The Morgan fingerprint density at radius 1 is 0.400 bits per heavy atom. The van der Waals surface area contributed by atoms with Crippen molar-refractivity contribution in [2.75, 3.05) is 0 Å². The molecule has 0 unspecified atom stereocenters. The maximum absolute atomic E-state index is 2.61. The van der Waals surface area contributed by atoms with Crippen LogP contribution in [-0.2, 0) is 0 Å². The van der Waals surface area contributed by atoms with E-state index in [1.807, 2.05) is 0 Å². The minimum Gasteiger partial charge on any atom is -0.335 e. The third kappa shape index (κ3) is 2.03. The molecule has 0 spiro atoms. The molecule has 1 aliphatic rings. The lowest BCUT2D eigenvalue weighted by atomic mass is 9.85. The monoisotopic (exact) mass is 386 g/mol. The van der Waals surface area contributed by atoms with Gasteiger partial charge in [-0.3, -0.25) is 0 Å². The van der Waals surface area contributed by atoms with E-state index in [-0.39, 0.29) is 0 Å². The van der Waals surface area contributed by atoms with E-state index < -0.39 is 0 Å². The van der Waals surface area contributed by atoms with Crippen molar-refractivity contribution in [1.29, 1.82) is 0 Å². The van der Waals surface area contributed by atoms with E-state index in [0.29, 0.717) is 12.1 Å². The Balaban J connectivity index is 1.50. The van der Waals surface area contributed by atoms with E-state index in [1.165, 1.54) is 56.5 Å². The second-order valence-electron chi connectivity index (χ2n) is 8.52. The van der Waals surface area contributed by atoms with Crippen LogP contribution in [0, 0.1) is 0 Å². The number of hydrogen-bond donors (Lipinski definition) is 0. The molecule has 7 rings (SSSR count). The number of benzene rings is 4. The number of para-hydroxylation sites is 4. The Kier molecular flexibility index (Phi) is 3.25. The van der Waals surface area contributed by atoms with Crippen molar-refractivity contribution in [2.45, 2.75) is 24.9 Å². The molecule has 144 valence electrons. The van der Waals surface area contributed by atoms with E-state index in [9.17, 15) is 0 Å². The Morgan fingerprint density at radius 2 is 0.667 bits per heavy atom. The van der Waals surface area contributed by atoms with Crippen LogP contribution in [0.3, 0.4) is 0 Å². The normalized spacial score (nSPS) is 19.1. The summed E-state index contributed by atoms with van der Waals surface area (Å²) in [6, 6.07) is 36.5. The Bertz CT molecular complexity index is 1340. The van der Waals surface area contributed by atoms with E-state index in [2.05, 4.69) is 106 Å². The van der Waals surface area contributed by atoms with Crippen molar-refractivity contribution in [3.63, 3.8) is 0 Å². The third-order valence-corrected chi connectivity index (χ3v) is 7.10. The fourth-order valence-electron chi connectivity index (χ4n) is 5.69. The summed E-state index contributed by atoms with van der Waals surface area (Å²) in [6.45, 7) is 0. The van der Waals surface area contributed by atoms with Gasteiger partial charge in [-0.2, -0.15) is 0 Å². The van der Waals surface area contributed by atoms with Crippen LogP contribution in [0.5, 0.6) is 0 Å². The van der Waals surface area contributed by atoms with Gasteiger partial charge in [-0.05, 0) is 37.1 Å². The van der Waals surface area contributed by atoms with Crippen molar-refractivity contribution in [3.05, 3.63) is 97.1 Å². The fourth-order valence-corrected chi connectivity index (χ4v) is 5.69. The molecule has 0 radical (unpaired) electrons. The predicted molar refractivity (Wildman–Crippen MR) is 126 cm³/mol. The van der Waals surface area contributed by atoms with Gasteiger partial charge in [0.05, 0.1) is 12.1 Å². The van der Waals surface area contributed by atoms with Gasteiger partial charge < -0.3 is 9.13 Å². The SMILES string of the molecule is c1ccc2c(c1)c1ccccc1n2[C@H]1CC[C@@H]1n1c2ccccc2c2ccccc21. The van der Waals surface area contributed by atoms with Gasteiger partial charge in [-0.15, -0.1) is 0 Å². The highest BCUT2D eigenvalue weighted by Crippen LogP contribution is 2.49. The summed E-state index contributed by atoms with van der Waals surface area (Å²) in [4.78, 5) is 0. The molecule has 2 heteroatoms. The number of hydrogen-bond acceptors (Lipinski definition) is 0. The molecule has 2 aromatic heterocycles. The minimum atomic E-state index is 0.467. The van der Waals surface area contributed by atoms with Crippen LogP contribution in [-0.4, -0.2) is 9.13 Å². The molecule has 4 aromatic carbocycles. The van der Waals surface area contributed by atoms with Crippen LogP contribution in [0.15, 0.2) is 97.1 Å². The zero-order valence-corrected chi connectivity index (χ0v) is 16.7. The molecular weight excluding hydrogens is 364 g/mol. The first-order valence-corrected chi connectivity index (χ1v) is 10.9. The van der Waals surface area contributed by atoms with Gasteiger partial charge in [0.25, 0.3) is 0 Å². The topological polar surface area (TPSA) is 9.86 Å². The molecule has 0 amide bonds. The van der Waals surface area contributed by atoms with E-state index in [4.69, 9.17) is 0 Å². The summed E-state index contributed by atoms with van der Waals surface area (Å²) in [7, 11) is 0. The third-order valence-electron chi connectivity index (χ3n) is 7.10. The second-order valence-corrected chi connectivity index (χ2v) is 8.52. The van der Waals surface area contributed by atoms with Gasteiger partial charge in [0.2, 0.25) is 0 Å². The van der Waals surface area contributed by atoms with Crippen LogP contribution in [0.4, 0.5) is 0 Å². The molecule has 2 nitrogen and oxygen atoms in total. The standard InChI is InChI=1S/C28H22N2/c1-5-13-23-19(9-1)20-10-2-6-14-24(20)29(23)27-17-18-28(27)30-25-15-7-3-11-21(25)22-12-4-8-16-26(22)30/h1-16,27-28H,17-18H2/t27-,28-/m0/s1. The molecule has 2 atom stereocenters.